The van der Waals surface area contributed by atoms with Crippen LogP contribution in [0.1, 0.15) is 32.8 Å². The minimum Gasteiger partial charge on any atom is -0.489 e. The number of rotatable bonds is 7. The molecule has 0 aliphatic carbocycles. The van der Waals surface area contributed by atoms with Gasteiger partial charge in [0.05, 0.1) is 0 Å². The molecule has 1 aromatic carbocycles. The molecule has 1 rings (SSSR count). The molecule has 2 nitrogen and oxygen atoms in total. The van der Waals surface area contributed by atoms with Crippen LogP contribution in [-0.2, 0) is 6.54 Å². The molecule has 0 aliphatic rings. The summed E-state index contributed by atoms with van der Waals surface area (Å²) < 4.78 is 5.62. The Morgan fingerprint density at radius 1 is 1.29 bits per heavy atom. The first kappa shape index (κ1) is 13.8. The average Bonchev–Trinajstić information content (AvgIpc) is 2.34. The lowest BCUT2D eigenvalue weighted by atomic mass is 10.2. The maximum Gasteiger partial charge on any atom is 0.119 e. The van der Waals surface area contributed by atoms with Gasteiger partial charge in [0, 0.05) is 12.6 Å². The molecule has 0 atom stereocenters. The molecule has 0 bridgehead atoms. The number of hydrogen-bond acceptors (Lipinski definition) is 2. The van der Waals surface area contributed by atoms with Gasteiger partial charge in [-0.15, -0.1) is 0 Å². The molecule has 0 saturated carbocycles. The van der Waals surface area contributed by atoms with Crippen LogP contribution in [0.2, 0.25) is 0 Å². The van der Waals surface area contributed by atoms with Gasteiger partial charge in [0.1, 0.15) is 12.4 Å². The predicted octanol–water partition coefficient (Wildman–Crippen LogP) is 3.53. The van der Waals surface area contributed by atoms with Crippen molar-refractivity contribution in [1.29, 1.82) is 0 Å². The zero-order valence-corrected chi connectivity index (χ0v) is 11.1. The summed E-state index contributed by atoms with van der Waals surface area (Å²) in [6, 6.07) is 8.73. The molecule has 0 spiro atoms. The van der Waals surface area contributed by atoms with Crippen molar-refractivity contribution in [3.8, 4) is 5.75 Å². The Hall–Kier alpha value is -1.28. The van der Waals surface area contributed by atoms with E-state index < -0.39 is 0 Å². The van der Waals surface area contributed by atoms with Gasteiger partial charge in [-0.25, -0.2) is 0 Å². The van der Waals surface area contributed by atoms with Crippen molar-refractivity contribution in [2.45, 2.75) is 39.8 Å². The molecule has 0 radical (unpaired) electrons. The second-order valence-electron chi connectivity index (χ2n) is 4.57. The van der Waals surface area contributed by atoms with Crippen LogP contribution in [0.5, 0.6) is 5.75 Å². The van der Waals surface area contributed by atoms with Crippen molar-refractivity contribution in [3.05, 3.63) is 42.0 Å². The van der Waals surface area contributed by atoms with Gasteiger partial charge in [-0.05, 0) is 29.7 Å². The highest BCUT2D eigenvalue weighted by Crippen LogP contribution is 2.13. The molecule has 0 saturated heterocycles. The third-order valence-corrected chi connectivity index (χ3v) is 2.58. The largest absolute Gasteiger partial charge is 0.489 e. The van der Waals surface area contributed by atoms with Crippen LogP contribution in [0.4, 0.5) is 0 Å². The SMILES string of the molecule is C=C(CC)COc1ccc(CNC(C)C)cc1. The Bertz CT molecular complexity index is 340. The first-order valence-electron chi connectivity index (χ1n) is 6.23. The summed E-state index contributed by atoms with van der Waals surface area (Å²) in [5, 5.41) is 3.39. The van der Waals surface area contributed by atoms with Crippen LogP contribution in [0.15, 0.2) is 36.4 Å². The van der Waals surface area contributed by atoms with Gasteiger partial charge in [0.15, 0.2) is 0 Å². The van der Waals surface area contributed by atoms with E-state index in [1.54, 1.807) is 0 Å². The Labute approximate surface area is 105 Å². The van der Waals surface area contributed by atoms with Gasteiger partial charge >= 0.3 is 0 Å². The fourth-order valence-electron chi connectivity index (χ4n) is 1.31. The van der Waals surface area contributed by atoms with Crippen molar-refractivity contribution >= 4 is 0 Å². The second-order valence-corrected chi connectivity index (χ2v) is 4.57. The molecule has 1 aromatic rings. The molecule has 94 valence electrons. The van der Waals surface area contributed by atoms with Crippen molar-refractivity contribution in [3.63, 3.8) is 0 Å². The van der Waals surface area contributed by atoms with E-state index >= 15 is 0 Å². The van der Waals surface area contributed by atoms with E-state index in [2.05, 4.69) is 44.8 Å². The summed E-state index contributed by atoms with van der Waals surface area (Å²) in [6.45, 7) is 11.8. The lowest BCUT2D eigenvalue weighted by molar-refractivity contribution is 0.349. The molecule has 2 heteroatoms. The van der Waals surface area contributed by atoms with Crippen LogP contribution in [0.3, 0.4) is 0 Å². The molecule has 0 fully saturated rings. The topological polar surface area (TPSA) is 21.3 Å². The minimum absolute atomic E-state index is 0.513. The van der Waals surface area contributed by atoms with Crippen molar-refractivity contribution in [1.82, 2.24) is 5.32 Å². The normalized spacial score (nSPS) is 10.6. The molecular formula is C15H23NO. The van der Waals surface area contributed by atoms with E-state index in [0.717, 1.165) is 24.3 Å². The molecule has 1 N–H and O–H groups in total. The third kappa shape index (κ3) is 5.55. The number of ether oxygens (including phenoxy) is 1. The summed E-state index contributed by atoms with van der Waals surface area (Å²) >= 11 is 0. The standard InChI is InChI=1S/C15H23NO/c1-5-13(4)11-17-15-8-6-14(7-9-15)10-16-12(2)3/h6-9,12,16H,4-5,10-11H2,1-3H3. The van der Waals surface area contributed by atoms with Crippen LogP contribution in [0, 0.1) is 0 Å². The lowest BCUT2D eigenvalue weighted by Gasteiger charge is -2.10. The van der Waals surface area contributed by atoms with Gasteiger partial charge in [-0.3, -0.25) is 0 Å². The van der Waals surface area contributed by atoms with Gasteiger partial charge in [-0.1, -0.05) is 39.5 Å². The number of hydrogen-bond donors (Lipinski definition) is 1. The summed E-state index contributed by atoms with van der Waals surface area (Å²) in [4.78, 5) is 0. The van der Waals surface area contributed by atoms with Crippen LogP contribution in [0.25, 0.3) is 0 Å². The van der Waals surface area contributed by atoms with Gasteiger partial charge in [-0.2, -0.15) is 0 Å². The van der Waals surface area contributed by atoms with E-state index in [9.17, 15) is 0 Å². The molecule has 0 aromatic heterocycles. The molecule has 0 aliphatic heterocycles. The zero-order valence-electron chi connectivity index (χ0n) is 11.1. The van der Waals surface area contributed by atoms with E-state index in [1.807, 2.05) is 12.1 Å². The average molecular weight is 233 g/mol. The maximum atomic E-state index is 5.62. The second kappa shape index (κ2) is 7.13. The first-order valence-corrected chi connectivity index (χ1v) is 6.23. The predicted molar refractivity (Wildman–Crippen MR) is 73.3 cm³/mol. The minimum atomic E-state index is 0.513. The zero-order chi connectivity index (χ0) is 12.7. The first-order chi connectivity index (χ1) is 8.11. The Morgan fingerprint density at radius 3 is 2.47 bits per heavy atom. The Morgan fingerprint density at radius 2 is 1.94 bits per heavy atom. The monoisotopic (exact) mass is 233 g/mol. The maximum absolute atomic E-state index is 5.62. The van der Waals surface area contributed by atoms with Gasteiger partial charge < -0.3 is 10.1 Å². The summed E-state index contributed by atoms with van der Waals surface area (Å²) in [6.07, 6.45) is 0.969. The molecule has 17 heavy (non-hydrogen) atoms. The Kier molecular flexibility index (Phi) is 5.78. The highest BCUT2D eigenvalue weighted by molar-refractivity contribution is 5.27. The highest BCUT2D eigenvalue weighted by atomic mass is 16.5. The van der Waals surface area contributed by atoms with Gasteiger partial charge in [0.25, 0.3) is 0 Å². The summed E-state index contributed by atoms with van der Waals surface area (Å²) in [5.74, 6) is 0.910. The van der Waals surface area contributed by atoms with E-state index in [-0.39, 0.29) is 0 Å². The van der Waals surface area contributed by atoms with E-state index in [0.29, 0.717) is 12.6 Å². The molecule has 0 unspecified atom stereocenters. The van der Waals surface area contributed by atoms with Gasteiger partial charge in [0.2, 0.25) is 0 Å². The van der Waals surface area contributed by atoms with Crippen molar-refractivity contribution < 1.29 is 4.74 Å². The fourth-order valence-corrected chi connectivity index (χ4v) is 1.31. The van der Waals surface area contributed by atoms with Crippen LogP contribution >= 0.6 is 0 Å². The summed E-state index contributed by atoms with van der Waals surface area (Å²) in [7, 11) is 0. The fraction of sp³-hybridized carbons (Fsp3) is 0.467. The third-order valence-electron chi connectivity index (χ3n) is 2.58. The number of benzene rings is 1. The molecule has 0 amide bonds. The van der Waals surface area contributed by atoms with Crippen molar-refractivity contribution in [2.75, 3.05) is 6.61 Å². The quantitative estimate of drug-likeness (QED) is 0.727. The lowest BCUT2D eigenvalue weighted by Crippen LogP contribution is -2.21. The molecular weight excluding hydrogens is 210 g/mol. The number of nitrogens with one attached hydrogen (secondary N) is 1. The van der Waals surface area contributed by atoms with E-state index in [1.165, 1.54) is 5.56 Å². The smallest absolute Gasteiger partial charge is 0.119 e. The highest BCUT2D eigenvalue weighted by Gasteiger charge is 1.98. The molecule has 0 heterocycles. The van der Waals surface area contributed by atoms with Crippen LogP contribution < -0.4 is 10.1 Å². The Balaban J connectivity index is 2.42. The van der Waals surface area contributed by atoms with Crippen molar-refractivity contribution in [2.24, 2.45) is 0 Å². The van der Waals surface area contributed by atoms with E-state index in [4.69, 9.17) is 4.74 Å². The van der Waals surface area contributed by atoms with Crippen LogP contribution in [-0.4, -0.2) is 12.6 Å². The summed E-state index contributed by atoms with van der Waals surface area (Å²) in [5.41, 5.74) is 2.40.